The average molecular weight is 344 g/mol. The smallest absolute Gasteiger partial charge is 0.269 e. The van der Waals surface area contributed by atoms with Crippen LogP contribution in [0.2, 0.25) is 0 Å². The summed E-state index contributed by atoms with van der Waals surface area (Å²) >= 11 is 0. The Morgan fingerprint density at radius 3 is 2.09 bits per heavy atom. The van der Waals surface area contributed by atoms with E-state index in [1.165, 1.54) is 0 Å². The molecule has 0 saturated heterocycles. The van der Waals surface area contributed by atoms with E-state index in [2.05, 4.69) is 5.32 Å². The number of ketones is 2. The van der Waals surface area contributed by atoms with E-state index in [0.717, 1.165) is 19.3 Å². The number of hydrogen-bond acceptors (Lipinski definition) is 6. The summed E-state index contributed by atoms with van der Waals surface area (Å²) in [6, 6.07) is -1.48. The SMILES string of the molecule is CNC1CC(S(=O)(=O)O)C(N)C2C(=O)C3CCCCC3C(=O)C12. The Labute approximate surface area is 136 Å². The van der Waals surface area contributed by atoms with E-state index in [1.54, 1.807) is 7.05 Å². The zero-order chi connectivity index (χ0) is 16.9. The quantitative estimate of drug-likeness (QED) is 0.590. The van der Waals surface area contributed by atoms with Crippen molar-refractivity contribution in [2.45, 2.75) is 49.4 Å². The van der Waals surface area contributed by atoms with Crippen LogP contribution in [0.25, 0.3) is 0 Å². The fourth-order valence-electron chi connectivity index (χ4n) is 4.94. The maximum atomic E-state index is 13.0. The monoisotopic (exact) mass is 344 g/mol. The minimum Gasteiger partial charge on any atom is -0.326 e. The Hall–Kier alpha value is -0.830. The molecule has 3 rings (SSSR count). The molecule has 7 nitrogen and oxygen atoms in total. The van der Waals surface area contributed by atoms with Gasteiger partial charge in [0.15, 0.2) is 0 Å². The lowest BCUT2D eigenvalue weighted by Crippen LogP contribution is -2.67. The summed E-state index contributed by atoms with van der Waals surface area (Å²) in [5.74, 6) is -2.02. The number of carbonyl (C=O) groups excluding carboxylic acids is 2. The van der Waals surface area contributed by atoms with Crippen LogP contribution in [0, 0.1) is 23.7 Å². The van der Waals surface area contributed by atoms with Crippen LogP contribution in [0.3, 0.4) is 0 Å². The van der Waals surface area contributed by atoms with Crippen molar-refractivity contribution >= 4 is 21.7 Å². The third kappa shape index (κ3) is 2.65. The molecule has 7 atom stereocenters. The molecular weight excluding hydrogens is 320 g/mol. The summed E-state index contributed by atoms with van der Waals surface area (Å²) in [6.07, 6.45) is 3.30. The zero-order valence-electron chi connectivity index (χ0n) is 13.1. The summed E-state index contributed by atoms with van der Waals surface area (Å²) in [5, 5.41) is 1.76. The van der Waals surface area contributed by atoms with Gasteiger partial charge in [0.25, 0.3) is 10.1 Å². The van der Waals surface area contributed by atoms with Crippen molar-refractivity contribution in [1.29, 1.82) is 0 Å². The minimum atomic E-state index is -4.37. The lowest BCUT2D eigenvalue weighted by molar-refractivity contribution is -0.153. The molecule has 4 N–H and O–H groups in total. The first kappa shape index (κ1) is 17.0. The molecule has 0 amide bonds. The van der Waals surface area contributed by atoms with Gasteiger partial charge in [0, 0.05) is 35.8 Å². The second-order valence-corrected chi connectivity index (χ2v) is 8.75. The predicted octanol–water partition coefficient (Wildman–Crippen LogP) is -0.248. The maximum Gasteiger partial charge on any atom is 0.269 e. The number of nitrogens with two attached hydrogens (primary N) is 1. The third-order valence-electron chi connectivity index (χ3n) is 6.06. The Morgan fingerprint density at radius 2 is 1.61 bits per heavy atom. The van der Waals surface area contributed by atoms with Crippen LogP contribution >= 0.6 is 0 Å². The number of nitrogens with one attached hydrogen (secondary N) is 1. The van der Waals surface area contributed by atoms with Crippen LogP contribution < -0.4 is 11.1 Å². The molecule has 8 heteroatoms. The largest absolute Gasteiger partial charge is 0.326 e. The van der Waals surface area contributed by atoms with Crippen molar-refractivity contribution in [1.82, 2.24) is 5.32 Å². The summed E-state index contributed by atoms with van der Waals surface area (Å²) in [4.78, 5) is 25.9. The highest BCUT2D eigenvalue weighted by molar-refractivity contribution is 7.86. The van der Waals surface area contributed by atoms with Gasteiger partial charge < -0.3 is 11.1 Å². The number of hydrogen-bond donors (Lipinski definition) is 3. The fourth-order valence-corrected chi connectivity index (χ4v) is 5.96. The summed E-state index contributed by atoms with van der Waals surface area (Å²) in [5.41, 5.74) is 6.07. The average Bonchev–Trinajstić information content (AvgIpc) is 2.51. The van der Waals surface area contributed by atoms with E-state index < -0.39 is 39.3 Å². The molecule has 130 valence electrons. The first-order chi connectivity index (χ1) is 10.8. The molecule has 3 fully saturated rings. The molecule has 0 bridgehead atoms. The Bertz CT molecular complexity index is 619. The molecule has 3 aliphatic carbocycles. The van der Waals surface area contributed by atoms with E-state index in [0.29, 0.717) is 6.42 Å². The lowest BCUT2D eigenvalue weighted by atomic mass is 9.56. The standard InChI is InChI=1S/C15H24N2O5S/c1-17-9-6-10(23(20,21)22)13(16)12-11(9)14(18)7-4-2-3-5-8(7)15(12)19/h7-13,17H,2-6,16H2,1H3,(H,20,21,22). The van der Waals surface area contributed by atoms with E-state index >= 15 is 0 Å². The topological polar surface area (TPSA) is 127 Å². The van der Waals surface area contributed by atoms with Gasteiger partial charge in [-0.05, 0) is 26.3 Å². The molecule has 0 aromatic heterocycles. The highest BCUT2D eigenvalue weighted by Gasteiger charge is 2.59. The van der Waals surface area contributed by atoms with Crippen molar-refractivity contribution in [3.8, 4) is 0 Å². The van der Waals surface area contributed by atoms with Gasteiger partial charge in [-0.15, -0.1) is 0 Å². The third-order valence-corrected chi connectivity index (χ3v) is 7.33. The summed E-state index contributed by atoms with van der Waals surface area (Å²) in [7, 11) is -2.72. The van der Waals surface area contributed by atoms with Crippen molar-refractivity contribution in [3.63, 3.8) is 0 Å². The highest BCUT2D eigenvalue weighted by Crippen LogP contribution is 2.46. The van der Waals surface area contributed by atoms with E-state index in [4.69, 9.17) is 5.73 Å². The Kier molecular flexibility index (Phi) is 4.37. The molecule has 0 spiro atoms. The van der Waals surface area contributed by atoms with Gasteiger partial charge in [0.05, 0.1) is 0 Å². The number of carbonyl (C=O) groups is 2. The van der Waals surface area contributed by atoms with Crippen molar-refractivity contribution in [3.05, 3.63) is 0 Å². The van der Waals surface area contributed by atoms with Crippen LogP contribution in [0.4, 0.5) is 0 Å². The number of fused-ring (bicyclic) bond motifs is 2. The fraction of sp³-hybridized carbons (Fsp3) is 0.867. The van der Waals surface area contributed by atoms with Crippen LogP contribution in [0.5, 0.6) is 0 Å². The molecule has 0 aliphatic heterocycles. The second kappa shape index (κ2) is 5.91. The van der Waals surface area contributed by atoms with Crippen LogP contribution in [0.1, 0.15) is 32.1 Å². The van der Waals surface area contributed by atoms with Crippen LogP contribution in [0.15, 0.2) is 0 Å². The number of Topliss-reactive ketones (excluding diaryl/α,β-unsaturated/α-hetero) is 2. The summed E-state index contributed by atoms with van der Waals surface area (Å²) < 4.78 is 32.8. The van der Waals surface area contributed by atoms with Crippen LogP contribution in [-0.2, 0) is 19.7 Å². The minimum absolute atomic E-state index is 0.0443. The maximum absolute atomic E-state index is 13.0. The first-order valence-electron chi connectivity index (χ1n) is 8.24. The van der Waals surface area contributed by atoms with Crippen molar-refractivity contribution < 1.29 is 22.6 Å². The van der Waals surface area contributed by atoms with Gasteiger partial charge in [0.2, 0.25) is 0 Å². The molecule has 3 saturated carbocycles. The van der Waals surface area contributed by atoms with E-state index in [1.807, 2.05) is 0 Å². The van der Waals surface area contributed by atoms with Crippen LogP contribution in [-0.4, -0.2) is 48.9 Å². The summed E-state index contributed by atoms with van der Waals surface area (Å²) in [6.45, 7) is 0. The van der Waals surface area contributed by atoms with Gasteiger partial charge in [-0.1, -0.05) is 12.8 Å². The molecule has 0 radical (unpaired) electrons. The van der Waals surface area contributed by atoms with Crippen molar-refractivity contribution in [2.24, 2.45) is 29.4 Å². The number of rotatable bonds is 2. The van der Waals surface area contributed by atoms with Gasteiger partial charge in [-0.25, -0.2) is 0 Å². The Morgan fingerprint density at radius 1 is 1.09 bits per heavy atom. The first-order valence-corrected chi connectivity index (χ1v) is 9.74. The normalized spacial score (nSPS) is 44.6. The van der Waals surface area contributed by atoms with Gasteiger partial charge >= 0.3 is 0 Å². The molecule has 0 aromatic rings. The zero-order valence-corrected chi connectivity index (χ0v) is 14.0. The van der Waals surface area contributed by atoms with Gasteiger partial charge in [-0.2, -0.15) is 8.42 Å². The highest BCUT2D eigenvalue weighted by atomic mass is 32.2. The van der Waals surface area contributed by atoms with Gasteiger partial charge in [-0.3, -0.25) is 14.1 Å². The molecular formula is C15H24N2O5S. The van der Waals surface area contributed by atoms with Gasteiger partial charge in [0.1, 0.15) is 16.8 Å². The molecule has 23 heavy (non-hydrogen) atoms. The lowest BCUT2D eigenvalue weighted by Gasteiger charge is -2.50. The Balaban J connectivity index is 2.01. The second-order valence-electron chi connectivity index (χ2n) is 7.12. The van der Waals surface area contributed by atoms with E-state index in [9.17, 15) is 22.6 Å². The molecule has 0 aromatic carbocycles. The predicted molar refractivity (Wildman–Crippen MR) is 83.2 cm³/mol. The van der Waals surface area contributed by atoms with E-state index in [-0.39, 0.29) is 29.8 Å². The van der Waals surface area contributed by atoms with Crippen molar-refractivity contribution in [2.75, 3.05) is 7.05 Å². The molecule has 3 aliphatic rings. The molecule has 0 heterocycles. The molecule has 7 unspecified atom stereocenters.